The predicted molar refractivity (Wildman–Crippen MR) is 119 cm³/mol. The third kappa shape index (κ3) is 5.27. The maximum absolute atomic E-state index is 12.4. The zero-order valence-corrected chi connectivity index (χ0v) is 18.4. The maximum Gasteiger partial charge on any atom is 0.284 e. The highest BCUT2D eigenvalue weighted by atomic mass is 32.2. The van der Waals surface area contributed by atoms with Crippen LogP contribution in [0.4, 0.5) is 10.8 Å². The summed E-state index contributed by atoms with van der Waals surface area (Å²) < 4.78 is 24.9. The van der Waals surface area contributed by atoms with Gasteiger partial charge in [-0.2, -0.15) is 5.26 Å². The van der Waals surface area contributed by atoms with Gasteiger partial charge in [0.15, 0.2) is 5.13 Å². The SMILES string of the molecule is Cc1sc(N(c2ccc(C#N)cc2)[C@H](CO)c2ccccc2)nc1C(=O)NS(C)(=O)=O. The molecule has 1 heterocycles. The van der Waals surface area contributed by atoms with Crippen molar-refractivity contribution in [2.75, 3.05) is 17.8 Å². The van der Waals surface area contributed by atoms with E-state index in [4.69, 9.17) is 5.26 Å². The van der Waals surface area contributed by atoms with Gasteiger partial charge in [-0.05, 0) is 36.8 Å². The van der Waals surface area contributed by atoms with E-state index in [1.54, 1.807) is 36.1 Å². The quantitative estimate of drug-likeness (QED) is 0.560. The Hall–Kier alpha value is -3.26. The third-order valence-corrected chi connectivity index (χ3v) is 5.95. The Kier molecular flexibility index (Phi) is 6.70. The van der Waals surface area contributed by atoms with Gasteiger partial charge in [-0.1, -0.05) is 30.3 Å². The number of anilines is 2. The van der Waals surface area contributed by atoms with E-state index in [9.17, 15) is 18.3 Å². The van der Waals surface area contributed by atoms with Crippen molar-refractivity contribution < 1.29 is 18.3 Å². The summed E-state index contributed by atoms with van der Waals surface area (Å²) in [6.45, 7) is 1.43. The van der Waals surface area contributed by atoms with E-state index in [1.807, 2.05) is 35.1 Å². The largest absolute Gasteiger partial charge is 0.394 e. The Morgan fingerprint density at radius 3 is 2.42 bits per heavy atom. The second-order valence-corrected chi connectivity index (χ2v) is 9.67. The molecule has 0 bridgehead atoms. The summed E-state index contributed by atoms with van der Waals surface area (Å²) in [5, 5.41) is 19.7. The molecule has 0 fully saturated rings. The van der Waals surface area contributed by atoms with Gasteiger partial charge in [0, 0.05) is 10.6 Å². The molecule has 160 valence electrons. The molecular formula is C21H20N4O4S2. The number of hydrogen-bond acceptors (Lipinski definition) is 8. The standard InChI is InChI=1S/C21H20N4O4S2/c1-14-19(20(27)24-31(2,28)29)23-21(30-14)25(17-10-8-15(12-22)9-11-17)18(13-26)16-6-4-3-5-7-16/h3-11,18,26H,13H2,1-2H3,(H,24,27)/t18-/m1/s1. The van der Waals surface area contributed by atoms with Crippen molar-refractivity contribution >= 4 is 38.1 Å². The van der Waals surface area contributed by atoms with Crippen LogP contribution in [0.1, 0.15) is 32.5 Å². The van der Waals surface area contributed by atoms with E-state index in [1.165, 1.54) is 11.3 Å². The van der Waals surface area contributed by atoms with E-state index >= 15 is 0 Å². The molecule has 0 aliphatic rings. The third-order valence-electron chi connectivity index (χ3n) is 4.43. The number of nitrogens with zero attached hydrogens (tertiary/aromatic N) is 3. The zero-order valence-electron chi connectivity index (χ0n) is 16.8. The number of aliphatic hydroxyl groups is 1. The number of sulfonamides is 1. The van der Waals surface area contributed by atoms with Crippen molar-refractivity contribution in [3.05, 3.63) is 76.3 Å². The molecule has 0 spiro atoms. The molecule has 1 atom stereocenters. The van der Waals surface area contributed by atoms with Gasteiger partial charge in [-0.3, -0.25) is 4.79 Å². The number of carbonyl (C=O) groups is 1. The first-order valence-corrected chi connectivity index (χ1v) is 11.9. The number of nitriles is 1. The van der Waals surface area contributed by atoms with Crippen LogP contribution in [0.2, 0.25) is 0 Å². The predicted octanol–water partition coefficient (Wildman–Crippen LogP) is 2.88. The van der Waals surface area contributed by atoms with Crippen LogP contribution in [0.3, 0.4) is 0 Å². The van der Waals surface area contributed by atoms with E-state index < -0.39 is 22.0 Å². The fourth-order valence-electron chi connectivity index (χ4n) is 3.04. The first-order chi connectivity index (χ1) is 14.7. The van der Waals surface area contributed by atoms with Crippen molar-refractivity contribution in [3.8, 4) is 6.07 Å². The normalized spacial score (nSPS) is 12.1. The lowest BCUT2D eigenvalue weighted by Crippen LogP contribution is -2.30. The molecule has 1 aromatic heterocycles. The second-order valence-electron chi connectivity index (χ2n) is 6.74. The van der Waals surface area contributed by atoms with Gasteiger partial charge < -0.3 is 10.0 Å². The number of hydrogen-bond donors (Lipinski definition) is 2. The highest BCUT2D eigenvalue weighted by molar-refractivity contribution is 7.89. The molecule has 10 heteroatoms. The minimum atomic E-state index is -3.74. The van der Waals surface area contributed by atoms with Crippen LogP contribution in [-0.2, 0) is 10.0 Å². The van der Waals surface area contributed by atoms with Gasteiger partial charge in [0.25, 0.3) is 5.91 Å². The lowest BCUT2D eigenvalue weighted by Gasteiger charge is -2.30. The Bertz CT molecular complexity index is 1220. The Morgan fingerprint density at radius 2 is 1.87 bits per heavy atom. The van der Waals surface area contributed by atoms with Crippen LogP contribution >= 0.6 is 11.3 Å². The minimum Gasteiger partial charge on any atom is -0.394 e. The van der Waals surface area contributed by atoms with E-state index in [-0.39, 0.29) is 12.3 Å². The van der Waals surface area contributed by atoms with Crippen molar-refractivity contribution in [1.29, 1.82) is 5.26 Å². The average Bonchev–Trinajstić information content (AvgIpc) is 3.12. The van der Waals surface area contributed by atoms with Crippen molar-refractivity contribution in [3.63, 3.8) is 0 Å². The number of carbonyl (C=O) groups excluding carboxylic acids is 1. The summed E-state index contributed by atoms with van der Waals surface area (Å²) in [5.41, 5.74) is 1.95. The first kappa shape index (κ1) is 22.4. The van der Waals surface area contributed by atoms with Gasteiger partial charge in [0.05, 0.1) is 30.5 Å². The van der Waals surface area contributed by atoms with Crippen molar-refractivity contribution in [2.24, 2.45) is 0 Å². The molecule has 8 nitrogen and oxygen atoms in total. The fourth-order valence-corrected chi connectivity index (χ4v) is 4.45. The molecule has 3 aromatic rings. The molecular weight excluding hydrogens is 436 g/mol. The minimum absolute atomic E-state index is 0.00572. The summed E-state index contributed by atoms with van der Waals surface area (Å²) in [6.07, 6.45) is 0.897. The van der Waals surface area contributed by atoms with E-state index in [0.717, 1.165) is 11.8 Å². The van der Waals surface area contributed by atoms with Gasteiger partial charge in [-0.15, -0.1) is 11.3 Å². The lowest BCUT2D eigenvalue weighted by atomic mass is 10.1. The average molecular weight is 457 g/mol. The van der Waals surface area contributed by atoms with Crippen molar-refractivity contribution in [1.82, 2.24) is 9.71 Å². The van der Waals surface area contributed by atoms with Crippen LogP contribution in [0.5, 0.6) is 0 Å². The lowest BCUT2D eigenvalue weighted by molar-refractivity contribution is 0.0977. The maximum atomic E-state index is 12.4. The molecule has 0 saturated carbocycles. The molecule has 2 aromatic carbocycles. The topological polar surface area (TPSA) is 123 Å². The van der Waals surface area contributed by atoms with Gasteiger partial charge in [-0.25, -0.2) is 18.1 Å². The van der Waals surface area contributed by atoms with E-state index in [0.29, 0.717) is 21.3 Å². The number of thiazole rings is 1. The summed E-state index contributed by atoms with van der Waals surface area (Å²) in [4.78, 5) is 19.1. The number of benzene rings is 2. The Labute approximate surface area is 184 Å². The number of aryl methyl sites for hydroxylation is 1. The Balaban J connectivity index is 2.11. The number of amides is 1. The summed E-state index contributed by atoms with van der Waals surface area (Å²) in [5.74, 6) is -0.817. The number of aliphatic hydroxyl groups excluding tert-OH is 1. The molecule has 2 N–H and O–H groups in total. The zero-order chi connectivity index (χ0) is 22.6. The van der Waals surface area contributed by atoms with Crippen molar-refractivity contribution in [2.45, 2.75) is 13.0 Å². The van der Waals surface area contributed by atoms with Crippen LogP contribution in [0, 0.1) is 18.3 Å². The highest BCUT2D eigenvalue weighted by Gasteiger charge is 2.27. The molecule has 1 amide bonds. The number of nitrogens with one attached hydrogen (secondary N) is 1. The second kappa shape index (κ2) is 9.26. The van der Waals surface area contributed by atoms with Gasteiger partial charge in [0.1, 0.15) is 5.69 Å². The van der Waals surface area contributed by atoms with Gasteiger partial charge >= 0.3 is 0 Å². The van der Waals surface area contributed by atoms with E-state index in [2.05, 4.69) is 11.1 Å². The highest BCUT2D eigenvalue weighted by Crippen LogP contribution is 2.38. The van der Waals surface area contributed by atoms with Crippen LogP contribution in [0.25, 0.3) is 0 Å². The molecule has 0 aliphatic carbocycles. The molecule has 3 rings (SSSR count). The molecule has 0 aliphatic heterocycles. The van der Waals surface area contributed by atoms with Crippen LogP contribution in [0.15, 0.2) is 54.6 Å². The summed E-state index contributed by atoms with van der Waals surface area (Å²) in [7, 11) is -3.74. The van der Waals surface area contributed by atoms with Crippen LogP contribution in [-0.4, -0.2) is 37.3 Å². The number of rotatable bonds is 7. The first-order valence-electron chi connectivity index (χ1n) is 9.18. The fraction of sp³-hybridized carbons (Fsp3) is 0.190. The molecule has 0 radical (unpaired) electrons. The smallest absolute Gasteiger partial charge is 0.284 e. The van der Waals surface area contributed by atoms with Gasteiger partial charge in [0.2, 0.25) is 10.0 Å². The summed E-state index contributed by atoms with van der Waals surface area (Å²) >= 11 is 1.20. The molecule has 0 unspecified atom stereocenters. The summed E-state index contributed by atoms with van der Waals surface area (Å²) in [6, 6.07) is 17.6. The Morgan fingerprint density at radius 1 is 1.23 bits per heavy atom. The number of aromatic nitrogens is 1. The molecule has 0 saturated heterocycles. The monoisotopic (exact) mass is 456 g/mol. The van der Waals surface area contributed by atoms with Crippen LogP contribution < -0.4 is 9.62 Å². The molecule has 31 heavy (non-hydrogen) atoms.